The Labute approximate surface area is 402 Å². The number of unbranched alkanes of at least 4 members (excludes halogenated alkanes) is 45. The summed E-state index contributed by atoms with van der Waals surface area (Å²) in [5.74, 6) is -0.366. The first-order valence-corrected chi connectivity index (χ1v) is 29.6. The minimum atomic E-state index is -0.523. The zero-order valence-corrected chi connectivity index (χ0v) is 44.1. The highest BCUT2D eigenvalue weighted by Crippen LogP contribution is 2.18. The maximum atomic E-state index is 12.8. The number of hydrogen-bond donors (Lipinski definition) is 0. The highest BCUT2D eigenvalue weighted by Gasteiger charge is 2.18. The Hall–Kier alpha value is -1.10. The number of carbonyl (C=O) groups is 2. The largest absolute Gasteiger partial charge is 0.462 e. The predicted octanol–water partition coefficient (Wildman–Crippen LogP) is 20.0. The average molecular weight is 906 g/mol. The first kappa shape index (κ1) is 62.9. The molecule has 382 valence electrons. The van der Waals surface area contributed by atoms with E-state index >= 15 is 0 Å². The van der Waals surface area contributed by atoms with Gasteiger partial charge in [-0.15, -0.1) is 0 Å². The summed E-state index contributed by atoms with van der Waals surface area (Å²) in [6.07, 6.45) is 64.2. The fraction of sp³-hybridized carbons (Fsp3) is 0.966. The van der Waals surface area contributed by atoms with Crippen LogP contribution in [0.5, 0.6) is 0 Å². The Balaban J connectivity index is 4.09. The van der Waals surface area contributed by atoms with E-state index in [0.717, 1.165) is 32.1 Å². The fourth-order valence-electron chi connectivity index (χ4n) is 9.22. The van der Waals surface area contributed by atoms with Crippen molar-refractivity contribution in [1.82, 2.24) is 0 Å². The molecule has 0 amide bonds. The number of rotatable bonds is 56. The van der Waals surface area contributed by atoms with Gasteiger partial charge < -0.3 is 14.2 Å². The molecule has 0 aliphatic rings. The minimum absolute atomic E-state index is 0.0983. The number of ether oxygens (including phenoxy) is 3. The van der Waals surface area contributed by atoms with Crippen LogP contribution < -0.4 is 0 Å². The molecule has 1 atom stereocenters. The van der Waals surface area contributed by atoms with Crippen molar-refractivity contribution in [2.24, 2.45) is 0 Å². The average Bonchev–Trinajstić information content (AvgIpc) is 3.30. The molecule has 5 heteroatoms. The van der Waals surface area contributed by atoms with Crippen molar-refractivity contribution in [2.75, 3.05) is 19.8 Å². The molecule has 0 N–H and O–H groups in total. The van der Waals surface area contributed by atoms with E-state index < -0.39 is 6.10 Å². The van der Waals surface area contributed by atoms with Crippen LogP contribution >= 0.6 is 0 Å². The maximum Gasteiger partial charge on any atom is 0.306 e. The first-order chi connectivity index (χ1) is 31.6. The third-order valence-electron chi connectivity index (χ3n) is 13.6. The van der Waals surface area contributed by atoms with E-state index in [2.05, 4.69) is 20.8 Å². The van der Waals surface area contributed by atoms with Crippen LogP contribution in [0.3, 0.4) is 0 Å². The molecular formula is C59H116O5. The van der Waals surface area contributed by atoms with Crippen molar-refractivity contribution >= 4 is 11.9 Å². The van der Waals surface area contributed by atoms with Gasteiger partial charge in [-0.1, -0.05) is 310 Å². The van der Waals surface area contributed by atoms with Crippen LogP contribution in [0.2, 0.25) is 0 Å². The summed E-state index contributed by atoms with van der Waals surface area (Å²) >= 11 is 0. The molecular weight excluding hydrogens is 789 g/mol. The van der Waals surface area contributed by atoms with Crippen molar-refractivity contribution in [3.8, 4) is 0 Å². The molecule has 0 aliphatic heterocycles. The lowest BCUT2D eigenvalue weighted by Gasteiger charge is -2.18. The van der Waals surface area contributed by atoms with Gasteiger partial charge in [-0.25, -0.2) is 0 Å². The molecule has 0 fully saturated rings. The Morgan fingerprint density at radius 1 is 0.281 bits per heavy atom. The minimum Gasteiger partial charge on any atom is -0.462 e. The van der Waals surface area contributed by atoms with E-state index in [1.807, 2.05) is 0 Å². The summed E-state index contributed by atoms with van der Waals surface area (Å²) < 4.78 is 17.5. The Morgan fingerprint density at radius 3 is 0.797 bits per heavy atom. The van der Waals surface area contributed by atoms with Crippen molar-refractivity contribution in [2.45, 2.75) is 348 Å². The molecule has 0 bridgehead atoms. The number of esters is 2. The summed E-state index contributed by atoms with van der Waals surface area (Å²) in [4.78, 5) is 25.5. The maximum absolute atomic E-state index is 12.8. The fourth-order valence-corrected chi connectivity index (χ4v) is 9.22. The number of carbonyl (C=O) groups excluding carboxylic acids is 2. The van der Waals surface area contributed by atoms with E-state index in [4.69, 9.17) is 14.2 Å². The SMILES string of the molecule is CCCCCCCCCCCCCCCCCCCCCCCC(=O)OC[C@@H](COCCCCCCCCCCCCCCCCCC)OC(=O)CCCCCCCCCCCCC. The quantitative estimate of drug-likeness (QED) is 0.0449. The second-order valence-corrected chi connectivity index (χ2v) is 20.3. The van der Waals surface area contributed by atoms with Gasteiger partial charge >= 0.3 is 11.9 Å². The number of hydrogen-bond acceptors (Lipinski definition) is 5. The third kappa shape index (κ3) is 53.5. The zero-order chi connectivity index (χ0) is 46.3. The van der Waals surface area contributed by atoms with E-state index in [-0.39, 0.29) is 18.5 Å². The highest BCUT2D eigenvalue weighted by atomic mass is 16.6. The Bertz CT molecular complexity index is 891. The van der Waals surface area contributed by atoms with Crippen LogP contribution in [0.15, 0.2) is 0 Å². The van der Waals surface area contributed by atoms with Crippen LogP contribution in [0.25, 0.3) is 0 Å². The van der Waals surface area contributed by atoms with Gasteiger partial charge in [0.15, 0.2) is 6.10 Å². The summed E-state index contributed by atoms with van der Waals surface area (Å²) in [5.41, 5.74) is 0. The second-order valence-electron chi connectivity index (χ2n) is 20.3. The molecule has 0 saturated carbocycles. The molecule has 5 nitrogen and oxygen atoms in total. The normalized spacial score (nSPS) is 12.0. The molecule has 0 rings (SSSR count). The van der Waals surface area contributed by atoms with Crippen LogP contribution in [-0.2, 0) is 23.8 Å². The zero-order valence-electron chi connectivity index (χ0n) is 44.1. The lowest BCUT2D eigenvalue weighted by atomic mass is 10.0. The van der Waals surface area contributed by atoms with Gasteiger partial charge in [-0.2, -0.15) is 0 Å². The molecule has 0 aliphatic carbocycles. The van der Waals surface area contributed by atoms with Crippen molar-refractivity contribution in [3.63, 3.8) is 0 Å². The lowest BCUT2D eigenvalue weighted by molar-refractivity contribution is -0.163. The summed E-state index contributed by atoms with van der Waals surface area (Å²) in [6, 6.07) is 0. The summed E-state index contributed by atoms with van der Waals surface area (Å²) in [6.45, 7) is 7.92. The van der Waals surface area contributed by atoms with Crippen molar-refractivity contribution in [1.29, 1.82) is 0 Å². The highest BCUT2D eigenvalue weighted by molar-refractivity contribution is 5.70. The molecule has 0 heterocycles. The van der Waals surface area contributed by atoms with Gasteiger partial charge in [0, 0.05) is 19.4 Å². The molecule has 0 aromatic rings. The molecule has 0 aromatic carbocycles. The standard InChI is InChI=1S/C59H116O5/c1-4-7-10-13-16-19-22-24-26-28-29-30-31-32-33-35-38-40-43-46-49-52-58(60)63-56-57(64-59(61)53-50-47-44-41-37-21-18-15-12-9-6-3)55-62-54-51-48-45-42-39-36-34-27-25-23-20-17-14-11-8-5-2/h57H,4-56H2,1-3H3/t57-/m1/s1. The van der Waals surface area contributed by atoms with Crippen molar-refractivity contribution in [3.05, 3.63) is 0 Å². The monoisotopic (exact) mass is 905 g/mol. The predicted molar refractivity (Wildman–Crippen MR) is 280 cm³/mol. The van der Waals surface area contributed by atoms with Gasteiger partial charge in [0.25, 0.3) is 0 Å². The molecule has 0 spiro atoms. The van der Waals surface area contributed by atoms with Gasteiger partial charge in [-0.05, 0) is 19.3 Å². The topological polar surface area (TPSA) is 61.8 Å². The van der Waals surface area contributed by atoms with E-state index in [1.54, 1.807) is 0 Å². The van der Waals surface area contributed by atoms with Gasteiger partial charge in [0.05, 0.1) is 6.61 Å². The van der Waals surface area contributed by atoms with Gasteiger partial charge in [0.2, 0.25) is 0 Å². The van der Waals surface area contributed by atoms with Crippen LogP contribution in [-0.4, -0.2) is 37.9 Å². The van der Waals surface area contributed by atoms with Gasteiger partial charge in [0.1, 0.15) is 6.61 Å². The van der Waals surface area contributed by atoms with E-state index in [1.165, 1.54) is 276 Å². The molecule has 0 radical (unpaired) electrons. The van der Waals surface area contributed by atoms with Crippen molar-refractivity contribution < 1.29 is 23.8 Å². The summed E-state index contributed by atoms with van der Waals surface area (Å²) in [7, 11) is 0. The van der Waals surface area contributed by atoms with Crippen LogP contribution in [0.4, 0.5) is 0 Å². The summed E-state index contributed by atoms with van der Waals surface area (Å²) in [5, 5.41) is 0. The van der Waals surface area contributed by atoms with E-state index in [9.17, 15) is 9.59 Å². The van der Waals surface area contributed by atoms with Gasteiger partial charge in [-0.3, -0.25) is 9.59 Å². The van der Waals surface area contributed by atoms with Crippen LogP contribution in [0.1, 0.15) is 342 Å². The Morgan fingerprint density at radius 2 is 0.516 bits per heavy atom. The molecule has 0 unspecified atom stereocenters. The second kappa shape index (κ2) is 56.2. The third-order valence-corrected chi connectivity index (χ3v) is 13.6. The Kier molecular flexibility index (Phi) is 55.3. The smallest absolute Gasteiger partial charge is 0.306 e. The molecule has 64 heavy (non-hydrogen) atoms. The first-order valence-electron chi connectivity index (χ1n) is 29.6. The van der Waals surface area contributed by atoms with Crippen LogP contribution in [0, 0.1) is 0 Å². The molecule has 0 aromatic heterocycles. The lowest BCUT2D eigenvalue weighted by Crippen LogP contribution is -2.30. The molecule has 0 saturated heterocycles. The van der Waals surface area contributed by atoms with E-state index in [0.29, 0.717) is 26.1 Å².